The Labute approximate surface area is 95.2 Å². The van der Waals surface area contributed by atoms with Crippen LogP contribution in [0.5, 0.6) is 0 Å². The largest absolute Gasteiger partial charge is 0.478 e. The molecule has 0 spiro atoms. The van der Waals surface area contributed by atoms with Crippen LogP contribution in [0.25, 0.3) is 0 Å². The van der Waals surface area contributed by atoms with Crippen LogP contribution in [-0.4, -0.2) is 34.6 Å². The van der Waals surface area contributed by atoms with Crippen LogP contribution in [-0.2, 0) is 11.3 Å². The van der Waals surface area contributed by atoms with Crippen molar-refractivity contribution in [2.24, 2.45) is 0 Å². The van der Waals surface area contributed by atoms with Crippen LogP contribution < -0.4 is 0 Å². The van der Waals surface area contributed by atoms with Gasteiger partial charge in [0.1, 0.15) is 0 Å². The van der Waals surface area contributed by atoms with Gasteiger partial charge >= 0.3 is 5.97 Å². The number of likely N-dealkylation sites (N-methyl/N-ethyl adjacent to an activating group) is 1. The first-order valence-electron chi connectivity index (χ1n) is 5.08. The van der Waals surface area contributed by atoms with Gasteiger partial charge in [-0.2, -0.15) is 0 Å². The second kappa shape index (κ2) is 6.02. The van der Waals surface area contributed by atoms with Crippen molar-refractivity contribution in [2.45, 2.75) is 13.5 Å². The maximum absolute atomic E-state index is 10.3. The van der Waals surface area contributed by atoms with Gasteiger partial charge < -0.3 is 5.11 Å². The van der Waals surface area contributed by atoms with Crippen LogP contribution in [0.2, 0.25) is 0 Å². The predicted molar refractivity (Wildman–Crippen MR) is 62.1 cm³/mol. The second-order valence-corrected chi connectivity index (χ2v) is 3.71. The highest BCUT2D eigenvalue weighted by atomic mass is 16.4. The molecular weight excluding hydrogens is 204 g/mol. The molecule has 0 aliphatic rings. The van der Waals surface area contributed by atoms with Crippen molar-refractivity contribution in [2.75, 3.05) is 13.6 Å². The maximum Gasteiger partial charge on any atom is 0.328 e. The number of carbonyl (C=O) groups is 1. The average molecular weight is 220 g/mol. The summed E-state index contributed by atoms with van der Waals surface area (Å²) in [6, 6.07) is 5.89. The van der Waals surface area contributed by atoms with Crippen LogP contribution in [0.15, 0.2) is 30.4 Å². The quantitative estimate of drug-likeness (QED) is 0.763. The minimum Gasteiger partial charge on any atom is -0.478 e. The van der Waals surface area contributed by atoms with Gasteiger partial charge in [0, 0.05) is 24.9 Å². The first-order chi connectivity index (χ1) is 7.58. The van der Waals surface area contributed by atoms with E-state index < -0.39 is 5.97 Å². The lowest BCUT2D eigenvalue weighted by atomic mass is 10.3. The minimum absolute atomic E-state index is 0.599. The molecule has 0 bridgehead atoms. The number of rotatable bonds is 5. The summed E-state index contributed by atoms with van der Waals surface area (Å²) in [5.74, 6) is -0.915. The number of hydrogen-bond donors (Lipinski definition) is 1. The molecule has 16 heavy (non-hydrogen) atoms. The van der Waals surface area contributed by atoms with E-state index in [2.05, 4.69) is 4.98 Å². The third-order valence-electron chi connectivity index (χ3n) is 2.06. The molecule has 0 aliphatic carbocycles. The maximum atomic E-state index is 10.3. The molecular formula is C12H16N2O2. The second-order valence-electron chi connectivity index (χ2n) is 3.71. The van der Waals surface area contributed by atoms with Crippen molar-refractivity contribution in [3.8, 4) is 0 Å². The molecule has 4 heteroatoms. The van der Waals surface area contributed by atoms with Crippen molar-refractivity contribution in [1.82, 2.24) is 9.88 Å². The van der Waals surface area contributed by atoms with E-state index in [-0.39, 0.29) is 0 Å². The van der Waals surface area contributed by atoms with E-state index in [1.807, 2.05) is 37.1 Å². The third-order valence-corrected chi connectivity index (χ3v) is 2.06. The van der Waals surface area contributed by atoms with Gasteiger partial charge in [0.15, 0.2) is 0 Å². The standard InChI is InChI=1S/C12H16N2O2/c1-10-5-3-6-11(13-10)9-14(2)8-4-7-12(15)16/h3-7H,8-9H2,1-2H3,(H,15,16). The highest BCUT2D eigenvalue weighted by Gasteiger charge is 1.99. The number of hydrogen-bond acceptors (Lipinski definition) is 3. The van der Waals surface area contributed by atoms with E-state index in [0.717, 1.165) is 17.5 Å². The van der Waals surface area contributed by atoms with Crippen molar-refractivity contribution in [3.05, 3.63) is 41.7 Å². The molecule has 0 saturated heterocycles. The van der Waals surface area contributed by atoms with E-state index >= 15 is 0 Å². The molecule has 0 radical (unpaired) electrons. The molecule has 0 amide bonds. The first-order valence-corrected chi connectivity index (χ1v) is 5.08. The van der Waals surface area contributed by atoms with Crippen LogP contribution in [0, 0.1) is 6.92 Å². The van der Waals surface area contributed by atoms with Crippen LogP contribution >= 0.6 is 0 Å². The molecule has 1 rings (SSSR count). The summed E-state index contributed by atoms with van der Waals surface area (Å²) in [5, 5.41) is 8.43. The fourth-order valence-corrected chi connectivity index (χ4v) is 1.36. The third kappa shape index (κ3) is 4.70. The summed E-state index contributed by atoms with van der Waals surface area (Å²) in [6.07, 6.45) is 2.78. The molecule has 1 N–H and O–H groups in total. The Kier molecular flexibility index (Phi) is 4.66. The number of aliphatic carboxylic acids is 1. The number of carboxylic acids is 1. The molecule has 1 aromatic heterocycles. The van der Waals surface area contributed by atoms with E-state index in [4.69, 9.17) is 5.11 Å². The summed E-state index contributed by atoms with van der Waals surface area (Å²) in [7, 11) is 1.93. The molecule has 0 fully saturated rings. The van der Waals surface area contributed by atoms with E-state index in [9.17, 15) is 4.79 Å². The number of aromatic nitrogens is 1. The predicted octanol–water partition coefficient (Wildman–Crippen LogP) is 1.46. The summed E-state index contributed by atoms with van der Waals surface area (Å²) >= 11 is 0. The Bertz CT molecular complexity index is 388. The Morgan fingerprint density at radius 2 is 2.31 bits per heavy atom. The van der Waals surface area contributed by atoms with Crippen molar-refractivity contribution in [3.63, 3.8) is 0 Å². The Morgan fingerprint density at radius 1 is 1.56 bits per heavy atom. The number of pyridine rings is 1. The molecule has 0 saturated carbocycles. The van der Waals surface area contributed by atoms with Crippen molar-refractivity contribution in [1.29, 1.82) is 0 Å². The van der Waals surface area contributed by atoms with Gasteiger partial charge in [-0.15, -0.1) is 0 Å². The summed E-state index contributed by atoms with van der Waals surface area (Å²) in [5.41, 5.74) is 1.98. The fraction of sp³-hybridized carbons (Fsp3) is 0.333. The van der Waals surface area contributed by atoms with Gasteiger partial charge in [0.05, 0.1) is 5.69 Å². The first kappa shape index (κ1) is 12.4. The minimum atomic E-state index is -0.915. The zero-order valence-corrected chi connectivity index (χ0v) is 9.55. The van der Waals surface area contributed by atoms with Gasteiger partial charge in [-0.05, 0) is 26.1 Å². The summed E-state index contributed by atoms with van der Waals surface area (Å²) in [6.45, 7) is 3.27. The average Bonchev–Trinajstić information content (AvgIpc) is 2.16. The smallest absolute Gasteiger partial charge is 0.328 e. The molecule has 0 atom stereocenters. The lowest BCUT2D eigenvalue weighted by Gasteiger charge is -2.13. The van der Waals surface area contributed by atoms with Crippen LogP contribution in [0.1, 0.15) is 11.4 Å². The highest BCUT2D eigenvalue weighted by Crippen LogP contribution is 2.01. The zero-order chi connectivity index (χ0) is 12.0. The monoisotopic (exact) mass is 220 g/mol. The topological polar surface area (TPSA) is 53.4 Å². The van der Waals surface area contributed by atoms with E-state index in [1.165, 1.54) is 0 Å². The highest BCUT2D eigenvalue weighted by molar-refractivity contribution is 5.79. The molecule has 4 nitrogen and oxygen atoms in total. The van der Waals surface area contributed by atoms with E-state index in [0.29, 0.717) is 13.1 Å². The van der Waals surface area contributed by atoms with Gasteiger partial charge in [-0.1, -0.05) is 12.1 Å². The van der Waals surface area contributed by atoms with Gasteiger partial charge in [0.25, 0.3) is 0 Å². The van der Waals surface area contributed by atoms with Crippen LogP contribution in [0.3, 0.4) is 0 Å². The van der Waals surface area contributed by atoms with Gasteiger partial charge in [-0.3, -0.25) is 9.88 Å². The van der Waals surface area contributed by atoms with Crippen molar-refractivity contribution < 1.29 is 9.90 Å². The molecule has 0 aliphatic heterocycles. The Hall–Kier alpha value is -1.68. The Morgan fingerprint density at radius 3 is 2.94 bits per heavy atom. The summed E-state index contributed by atoms with van der Waals surface area (Å²) in [4.78, 5) is 16.6. The fourth-order valence-electron chi connectivity index (χ4n) is 1.36. The van der Waals surface area contributed by atoms with Crippen LogP contribution in [0.4, 0.5) is 0 Å². The lowest BCUT2D eigenvalue weighted by molar-refractivity contribution is -0.131. The lowest BCUT2D eigenvalue weighted by Crippen LogP contribution is -2.18. The number of carboxylic acid groups (broad SMARTS) is 1. The van der Waals surface area contributed by atoms with Gasteiger partial charge in [-0.25, -0.2) is 4.79 Å². The molecule has 1 aromatic rings. The molecule has 0 unspecified atom stereocenters. The normalized spacial score (nSPS) is 11.2. The number of aryl methyl sites for hydroxylation is 1. The molecule has 0 aromatic carbocycles. The number of nitrogens with zero attached hydrogens (tertiary/aromatic N) is 2. The van der Waals surface area contributed by atoms with Gasteiger partial charge in [0.2, 0.25) is 0 Å². The Balaban J connectivity index is 2.45. The van der Waals surface area contributed by atoms with Crippen molar-refractivity contribution >= 4 is 5.97 Å². The SMILES string of the molecule is Cc1cccc(CN(C)CC=CC(=O)O)n1. The summed E-state index contributed by atoms with van der Waals surface area (Å²) < 4.78 is 0. The molecule has 1 heterocycles. The zero-order valence-electron chi connectivity index (χ0n) is 9.55. The van der Waals surface area contributed by atoms with E-state index in [1.54, 1.807) is 6.08 Å². The molecule has 86 valence electrons.